The highest BCUT2D eigenvalue weighted by Crippen LogP contribution is 2.30. The van der Waals surface area contributed by atoms with E-state index in [0.29, 0.717) is 11.9 Å². The van der Waals surface area contributed by atoms with Crippen LogP contribution in [0.3, 0.4) is 0 Å². The second-order valence-corrected chi connectivity index (χ2v) is 5.43. The molecule has 0 saturated heterocycles. The molecule has 1 heterocycles. The van der Waals surface area contributed by atoms with E-state index in [1.807, 2.05) is 18.5 Å². The van der Waals surface area contributed by atoms with Crippen molar-refractivity contribution < 1.29 is 0 Å². The first kappa shape index (κ1) is 12.7. The molecule has 17 heavy (non-hydrogen) atoms. The van der Waals surface area contributed by atoms with Gasteiger partial charge in [-0.1, -0.05) is 6.92 Å². The minimum Gasteiger partial charge on any atom is -0.370 e. The zero-order chi connectivity index (χ0) is 12.3. The van der Waals surface area contributed by atoms with Crippen molar-refractivity contribution in [3.8, 4) is 0 Å². The van der Waals surface area contributed by atoms with Gasteiger partial charge in [-0.05, 0) is 43.2 Å². The molecule has 0 amide bonds. The van der Waals surface area contributed by atoms with E-state index >= 15 is 0 Å². The topological polar surface area (TPSA) is 16.1 Å². The van der Waals surface area contributed by atoms with Gasteiger partial charge in [0, 0.05) is 25.2 Å². The Morgan fingerprint density at radius 2 is 2.06 bits per heavy atom. The third kappa shape index (κ3) is 2.92. The summed E-state index contributed by atoms with van der Waals surface area (Å²) in [7, 11) is 2.17. The van der Waals surface area contributed by atoms with Crippen molar-refractivity contribution in [3.05, 3.63) is 24.0 Å². The molecule has 0 unspecified atom stereocenters. The largest absolute Gasteiger partial charge is 0.370 e. The smallest absolute Gasteiger partial charge is 0.0597 e. The van der Waals surface area contributed by atoms with Gasteiger partial charge in [-0.2, -0.15) is 0 Å². The van der Waals surface area contributed by atoms with Gasteiger partial charge in [0.1, 0.15) is 0 Å². The number of pyridine rings is 1. The number of alkyl halides is 1. The molecule has 0 radical (unpaired) electrons. The van der Waals surface area contributed by atoms with E-state index in [2.05, 4.69) is 23.9 Å². The highest BCUT2D eigenvalue weighted by atomic mass is 35.5. The lowest BCUT2D eigenvalue weighted by Crippen LogP contribution is -2.35. The minimum atomic E-state index is 0.561. The van der Waals surface area contributed by atoms with Gasteiger partial charge in [0.15, 0.2) is 0 Å². The van der Waals surface area contributed by atoms with Crippen molar-refractivity contribution in [3.63, 3.8) is 0 Å². The minimum absolute atomic E-state index is 0.561. The van der Waals surface area contributed by atoms with Crippen molar-refractivity contribution in [2.24, 2.45) is 5.92 Å². The fourth-order valence-electron chi connectivity index (χ4n) is 2.67. The van der Waals surface area contributed by atoms with Crippen LogP contribution in [-0.2, 0) is 5.88 Å². The Balaban J connectivity index is 2.10. The van der Waals surface area contributed by atoms with E-state index in [1.54, 1.807) is 0 Å². The molecule has 1 aliphatic rings. The van der Waals surface area contributed by atoms with Gasteiger partial charge in [0.05, 0.1) is 11.9 Å². The fraction of sp³-hybridized carbons (Fsp3) is 0.643. The number of rotatable bonds is 3. The van der Waals surface area contributed by atoms with Gasteiger partial charge < -0.3 is 4.90 Å². The Kier molecular flexibility index (Phi) is 4.27. The standard InChI is InChI=1S/C14H21ClN2/c1-11-3-5-13(6-4-11)17(2)14-10-16-8-7-12(14)9-15/h7-8,10-11,13H,3-6,9H2,1-2H3. The molecule has 2 rings (SSSR count). The second kappa shape index (κ2) is 5.72. The Bertz CT molecular complexity index is 359. The van der Waals surface area contributed by atoms with E-state index in [9.17, 15) is 0 Å². The van der Waals surface area contributed by atoms with Crippen molar-refractivity contribution >= 4 is 17.3 Å². The molecule has 0 bridgehead atoms. The SMILES string of the molecule is CC1CCC(N(C)c2cnccc2CCl)CC1. The lowest BCUT2D eigenvalue weighted by atomic mass is 9.86. The summed E-state index contributed by atoms with van der Waals surface area (Å²) in [6.45, 7) is 2.35. The van der Waals surface area contributed by atoms with Crippen molar-refractivity contribution in [2.75, 3.05) is 11.9 Å². The van der Waals surface area contributed by atoms with Crippen LogP contribution >= 0.6 is 11.6 Å². The summed E-state index contributed by atoms with van der Waals surface area (Å²) in [5, 5.41) is 0. The van der Waals surface area contributed by atoms with E-state index in [-0.39, 0.29) is 0 Å². The second-order valence-electron chi connectivity index (χ2n) is 5.16. The zero-order valence-corrected chi connectivity index (χ0v) is 11.5. The molecular weight excluding hydrogens is 232 g/mol. The van der Waals surface area contributed by atoms with Crippen LogP contribution in [0.2, 0.25) is 0 Å². The van der Waals surface area contributed by atoms with Crippen LogP contribution in [0.1, 0.15) is 38.2 Å². The molecule has 2 nitrogen and oxygen atoms in total. The fourth-order valence-corrected chi connectivity index (χ4v) is 2.90. The molecule has 3 heteroatoms. The quantitative estimate of drug-likeness (QED) is 0.760. The van der Waals surface area contributed by atoms with Crippen LogP contribution in [0.5, 0.6) is 0 Å². The summed E-state index contributed by atoms with van der Waals surface area (Å²) >= 11 is 5.98. The van der Waals surface area contributed by atoms with E-state index in [1.165, 1.54) is 36.9 Å². The van der Waals surface area contributed by atoms with Crippen LogP contribution in [0, 0.1) is 5.92 Å². The van der Waals surface area contributed by atoms with Crippen molar-refractivity contribution in [1.29, 1.82) is 0 Å². The van der Waals surface area contributed by atoms with Crippen LogP contribution in [0.4, 0.5) is 5.69 Å². The molecule has 1 aromatic heterocycles. The number of aromatic nitrogens is 1. The predicted molar refractivity (Wildman–Crippen MR) is 73.6 cm³/mol. The number of hydrogen-bond acceptors (Lipinski definition) is 2. The Morgan fingerprint density at radius 3 is 2.71 bits per heavy atom. The molecule has 0 aromatic carbocycles. The first-order valence-corrected chi connectivity index (χ1v) is 6.97. The van der Waals surface area contributed by atoms with Crippen LogP contribution in [0.25, 0.3) is 0 Å². The molecular formula is C14H21ClN2. The summed E-state index contributed by atoms with van der Waals surface area (Å²) in [5.74, 6) is 1.45. The molecule has 1 saturated carbocycles. The third-order valence-corrected chi connectivity index (χ3v) is 4.23. The van der Waals surface area contributed by atoms with Gasteiger partial charge in [-0.15, -0.1) is 11.6 Å². The predicted octanol–water partition coefficient (Wildman–Crippen LogP) is 3.84. The van der Waals surface area contributed by atoms with Gasteiger partial charge in [0.2, 0.25) is 0 Å². The zero-order valence-electron chi connectivity index (χ0n) is 10.7. The average Bonchev–Trinajstić information content (AvgIpc) is 2.39. The lowest BCUT2D eigenvalue weighted by Gasteiger charge is -2.35. The van der Waals surface area contributed by atoms with E-state index < -0.39 is 0 Å². The summed E-state index contributed by atoms with van der Waals surface area (Å²) in [6, 6.07) is 2.67. The highest BCUT2D eigenvalue weighted by molar-refractivity contribution is 6.17. The number of hydrogen-bond donors (Lipinski definition) is 0. The van der Waals surface area contributed by atoms with Gasteiger partial charge in [-0.3, -0.25) is 4.98 Å². The number of nitrogens with zero attached hydrogens (tertiary/aromatic N) is 2. The molecule has 1 fully saturated rings. The summed E-state index contributed by atoms with van der Waals surface area (Å²) in [4.78, 5) is 6.60. The van der Waals surface area contributed by atoms with Crippen molar-refractivity contribution in [1.82, 2.24) is 4.98 Å². The average molecular weight is 253 g/mol. The highest BCUT2D eigenvalue weighted by Gasteiger charge is 2.23. The van der Waals surface area contributed by atoms with Gasteiger partial charge in [0.25, 0.3) is 0 Å². The van der Waals surface area contributed by atoms with Gasteiger partial charge >= 0.3 is 0 Å². The maximum Gasteiger partial charge on any atom is 0.0597 e. The van der Waals surface area contributed by atoms with Crippen molar-refractivity contribution in [2.45, 2.75) is 44.5 Å². The van der Waals surface area contributed by atoms with Crippen LogP contribution < -0.4 is 4.90 Å². The molecule has 0 atom stereocenters. The monoisotopic (exact) mass is 252 g/mol. The molecule has 0 spiro atoms. The van der Waals surface area contributed by atoms with Crippen LogP contribution in [-0.4, -0.2) is 18.1 Å². The summed E-state index contributed by atoms with van der Waals surface area (Å²) in [5.41, 5.74) is 2.38. The molecule has 1 aromatic rings. The normalized spacial score (nSPS) is 24.6. The Hall–Kier alpha value is -0.760. The Morgan fingerprint density at radius 1 is 1.35 bits per heavy atom. The maximum atomic E-state index is 5.98. The Labute approximate surface area is 109 Å². The molecule has 94 valence electrons. The third-order valence-electron chi connectivity index (χ3n) is 3.94. The molecule has 1 aliphatic carbocycles. The number of halogens is 1. The number of anilines is 1. The molecule has 0 N–H and O–H groups in total. The summed E-state index contributed by atoms with van der Waals surface area (Å²) in [6.07, 6.45) is 9.01. The first-order valence-electron chi connectivity index (χ1n) is 6.44. The van der Waals surface area contributed by atoms with E-state index in [4.69, 9.17) is 11.6 Å². The maximum absolute atomic E-state index is 5.98. The molecule has 0 aliphatic heterocycles. The van der Waals surface area contributed by atoms with Crippen LogP contribution in [0.15, 0.2) is 18.5 Å². The first-order chi connectivity index (χ1) is 8.22. The van der Waals surface area contributed by atoms with Gasteiger partial charge in [-0.25, -0.2) is 0 Å². The van der Waals surface area contributed by atoms with E-state index in [0.717, 1.165) is 5.92 Å². The lowest BCUT2D eigenvalue weighted by molar-refractivity contribution is 0.340. The summed E-state index contributed by atoms with van der Waals surface area (Å²) < 4.78 is 0.